The van der Waals surface area contributed by atoms with E-state index in [4.69, 9.17) is 0 Å². The number of rotatable bonds is 6. The quantitative estimate of drug-likeness (QED) is 0.739. The Morgan fingerprint density at radius 2 is 2.00 bits per heavy atom. The number of nitrogens with zero attached hydrogens (tertiary/aromatic N) is 5. The number of aromatic nitrogens is 4. The summed E-state index contributed by atoms with van der Waals surface area (Å²) < 4.78 is 3.83. The molecule has 2 aromatic heterocycles. The van der Waals surface area contributed by atoms with Gasteiger partial charge in [0.1, 0.15) is 11.6 Å². The summed E-state index contributed by atoms with van der Waals surface area (Å²) in [6.45, 7) is 5.37. The van der Waals surface area contributed by atoms with Crippen LogP contribution >= 0.6 is 0 Å². The van der Waals surface area contributed by atoms with Crippen LogP contribution in [0.5, 0.6) is 0 Å². The molecule has 7 nitrogen and oxygen atoms in total. The third-order valence-electron chi connectivity index (χ3n) is 4.42. The first-order valence-corrected chi connectivity index (χ1v) is 8.70. The number of carbonyl (C=O) groups excluding carboxylic acids is 1. The summed E-state index contributed by atoms with van der Waals surface area (Å²) in [5.41, 5.74) is 1.13. The van der Waals surface area contributed by atoms with Gasteiger partial charge in [-0.2, -0.15) is 5.10 Å². The van der Waals surface area contributed by atoms with E-state index in [-0.39, 0.29) is 12.1 Å². The van der Waals surface area contributed by atoms with E-state index in [2.05, 4.69) is 41.4 Å². The number of hydrogen-bond acceptors (Lipinski definition) is 3. The van der Waals surface area contributed by atoms with Crippen molar-refractivity contribution in [2.75, 3.05) is 12.4 Å². The second-order valence-corrected chi connectivity index (χ2v) is 6.16. The van der Waals surface area contributed by atoms with Crippen LogP contribution in [0.1, 0.15) is 31.3 Å². The minimum absolute atomic E-state index is 0.0193. The van der Waals surface area contributed by atoms with Gasteiger partial charge in [-0.25, -0.2) is 14.5 Å². The molecule has 0 spiro atoms. The number of hydrogen-bond donors (Lipinski definition) is 1. The molecule has 0 aliphatic rings. The van der Waals surface area contributed by atoms with Gasteiger partial charge in [-0.15, -0.1) is 0 Å². The number of carbonyl (C=O) groups is 1. The molecule has 26 heavy (non-hydrogen) atoms. The molecule has 0 radical (unpaired) electrons. The maximum absolute atomic E-state index is 12.6. The molecule has 136 valence electrons. The molecule has 0 unspecified atom stereocenters. The van der Waals surface area contributed by atoms with E-state index >= 15 is 0 Å². The number of nitrogens with one attached hydrogen (secondary N) is 1. The van der Waals surface area contributed by atoms with Crippen molar-refractivity contribution in [1.29, 1.82) is 0 Å². The minimum Gasteiger partial charge on any atom is -0.334 e. The lowest BCUT2D eigenvalue weighted by molar-refractivity contribution is 0.218. The van der Waals surface area contributed by atoms with Crippen LogP contribution in [0.15, 0.2) is 55.0 Å². The van der Waals surface area contributed by atoms with Gasteiger partial charge in [-0.05, 0) is 19.4 Å². The van der Waals surface area contributed by atoms with Crippen molar-refractivity contribution in [2.45, 2.75) is 33.0 Å². The number of aryl methyl sites for hydroxylation is 1. The summed E-state index contributed by atoms with van der Waals surface area (Å²) in [7, 11) is 1.76. The second kappa shape index (κ2) is 7.86. The topological polar surface area (TPSA) is 68.0 Å². The maximum atomic E-state index is 12.6. The summed E-state index contributed by atoms with van der Waals surface area (Å²) in [6, 6.07) is 11.7. The molecule has 0 bridgehead atoms. The van der Waals surface area contributed by atoms with Crippen LogP contribution in [-0.4, -0.2) is 37.3 Å². The van der Waals surface area contributed by atoms with Gasteiger partial charge in [-0.1, -0.05) is 30.3 Å². The molecule has 2 heterocycles. The first-order chi connectivity index (χ1) is 12.6. The number of amides is 2. The fourth-order valence-electron chi connectivity index (χ4n) is 2.86. The van der Waals surface area contributed by atoms with Crippen LogP contribution < -0.4 is 5.32 Å². The SMILES string of the molecule is CCn1ccnc1CN(C)C(=O)Nc1ccnn1[C@H](C)c1ccccc1. The van der Waals surface area contributed by atoms with E-state index in [1.54, 1.807) is 30.4 Å². The Balaban J connectivity index is 1.69. The number of anilines is 1. The molecule has 0 aliphatic heterocycles. The largest absolute Gasteiger partial charge is 0.334 e. The zero-order chi connectivity index (χ0) is 18.5. The molecule has 0 saturated heterocycles. The van der Waals surface area contributed by atoms with Crippen molar-refractivity contribution in [3.05, 3.63) is 66.4 Å². The zero-order valence-corrected chi connectivity index (χ0v) is 15.3. The average molecular weight is 352 g/mol. The number of benzene rings is 1. The van der Waals surface area contributed by atoms with Crippen LogP contribution in [0.2, 0.25) is 0 Å². The summed E-state index contributed by atoms with van der Waals surface area (Å²) in [5.74, 6) is 1.52. The van der Waals surface area contributed by atoms with Gasteiger partial charge in [0.25, 0.3) is 0 Å². The lowest BCUT2D eigenvalue weighted by atomic mass is 10.1. The van der Waals surface area contributed by atoms with Crippen LogP contribution in [0.25, 0.3) is 0 Å². The number of imidazole rings is 1. The predicted molar refractivity (Wildman–Crippen MR) is 101 cm³/mol. The summed E-state index contributed by atoms with van der Waals surface area (Å²) >= 11 is 0. The van der Waals surface area contributed by atoms with E-state index in [9.17, 15) is 4.79 Å². The van der Waals surface area contributed by atoms with Gasteiger partial charge >= 0.3 is 6.03 Å². The Kier molecular flexibility index (Phi) is 5.36. The van der Waals surface area contributed by atoms with Crippen LogP contribution in [0, 0.1) is 0 Å². The molecule has 0 saturated carbocycles. The van der Waals surface area contributed by atoms with Crippen molar-refractivity contribution in [1.82, 2.24) is 24.2 Å². The monoisotopic (exact) mass is 352 g/mol. The lowest BCUT2D eigenvalue weighted by Crippen LogP contribution is -2.33. The summed E-state index contributed by atoms with van der Waals surface area (Å²) in [4.78, 5) is 18.5. The van der Waals surface area contributed by atoms with Crippen molar-refractivity contribution >= 4 is 11.8 Å². The van der Waals surface area contributed by atoms with Crippen LogP contribution in [-0.2, 0) is 13.1 Å². The highest BCUT2D eigenvalue weighted by Gasteiger charge is 2.17. The fraction of sp³-hybridized carbons (Fsp3) is 0.316. The third-order valence-corrected chi connectivity index (χ3v) is 4.42. The third kappa shape index (κ3) is 3.77. The number of urea groups is 1. The first kappa shape index (κ1) is 17.7. The van der Waals surface area contributed by atoms with Crippen molar-refractivity contribution in [2.24, 2.45) is 0 Å². The molecule has 1 aromatic carbocycles. The zero-order valence-electron chi connectivity index (χ0n) is 15.3. The highest BCUT2D eigenvalue weighted by atomic mass is 16.2. The molecule has 0 fully saturated rings. The molecule has 0 aliphatic carbocycles. The Hall–Kier alpha value is -3.09. The summed E-state index contributed by atoms with van der Waals surface area (Å²) in [6.07, 6.45) is 5.36. The van der Waals surface area contributed by atoms with Crippen LogP contribution in [0.4, 0.5) is 10.6 Å². The van der Waals surface area contributed by atoms with E-state index in [1.165, 1.54) is 0 Å². The van der Waals surface area contributed by atoms with Gasteiger partial charge < -0.3 is 9.47 Å². The normalized spacial score (nSPS) is 12.0. The molecule has 2 amide bonds. The fourth-order valence-corrected chi connectivity index (χ4v) is 2.86. The minimum atomic E-state index is -0.197. The second-order valence-electron chi connectivity index (χ2n) is 6.16. The first-order valence-electron chi connectivity index (χ1n) is 8.70. The average Bonchev–Trinajstić information content (AvgIpc) is 3.30. The lowest BCUT2D eigenvalue weighted by Gasteiger charge is -2.20. The van der Waals surface area contributed by atoms with Gasteiger partial charge in [0.2, 0.25) is 0 Å². The smallest absolute Gasteiger partial charge is 0.323 e. The van der Waals surface area contributed by atoms with E-state index in [0.29, 0.717) is 12.4 Å². The Bertz CT molecular complexity index is 854. The standard InChI is InChI=1S/C19H24N6O/c1-4-24-13-12-20-18(24)14-23(3)19(26)22-17-10-11-21-25(17)15(2)16-8-6-5-7-9-16/h5-13,15H,4,14H2,1-3H3,(H,22,26)/t15-/m1/s1. The van der Waals surface area contributed by atoms with Gasteiger partial charge in [0, 0.05) is 32.1 Å². The Morgan fingerprint density at radius 1 is 1.23 bits per heavy atom. The molecule has 7 heteroatoms. The van der Waals surface area contributed by atoms with Gasteiger partial charge in [0.15, 0.2) is 0 Å². The van der Waals surface area contributed by atoms with Crippen LogP contribution in [0.3, 0.4) is 0 Å². The van der Waals surface area contributed by atoms with E-state index in [1.807, 2.05) is 33.6 Å². The molecular weight excluding hydrogens is 328 g/mol. The van der Waals surface area contributed by atoms with E-state index < -0.39 is 0 Å². The Morgan fingerprint density at radius 3 is 2.73 bits per heavy atom. The molecule has 1 N–H and O–H groups in total. The summed E-state index contributed by atoms with van der Waals surface area (Å²) in [5, 5.41) is 7.32. The van der Waals surface area contributed by atoms with Crippen molar-refractivity contribution in [3.8, 4) is 0 Å². The highest BCUT2D eigenvalue weighted by Crippen LogP contribution is 2.21. The highest BCUT2D eigenvalue weighted by molar-refractivity contribution is 5.88. The molecule has 1 atom stereocenters. The van der Waals surface area contributed by atoms with Crippen molar-refractivity contribution < 1.29 is 4.79 Å². The Labute approximate surface area is 153 Å². The van der Waals surface area contributed by atoms with Gasteiger partial charge in [0.05, 0.1) is 18.8 Å². The molecular formula is C19H24N6O. The van der Waals surface area contributed by atoms with Crippen molar-refractivity contribution in [3.63, 3.8) is 0 Å². The molecule has 3 rings (SSSR count). The molecule has 3 aromatic rings. The predicted octanol–water partition coefficient (Wildman–Crippen LogP) is 3.37. The van der Waals surface area contributed by atoms with Gasteiger partial charge in [-0.3, -0.25) is 5.32 Å². The van der Waals surface area contributed by atoms with E-state index in [0.717, 1.165) is 17.9 Å². The maximum Gasteiger partial charge on any atom is 0.323 e.